The van der Waals surface area contributed by atoms with E-state index in [1.54, 1.807) is 19.1 Å². The molecule has 28 heavy (non-hydrogen) atoms. The first-order valence-electron chi connectivity index (χ1n) is 9.12. The van der Waals surface area contributed by atoms with E-state index in [1.807, 2.05) is 0 Å². The molecule has 2 heterocycles. The van der Waals surface area contributed by atoms with Crippen molar-refractivity contribution < 1.29 is 18.0 Å². The summed E-state index contributed by atoms with van der Waals surface area (Å²) in [6.07, 6.45) is 1.83. The normalized spacial score (nSPS) is 16.0. The number of rotatable bonds is 4. The van der Waals surface area contributed by atoms with Crippen LogP contribution in [0.2, 0.25) is 0 Å². The predicted octanol–water partition coefficient (Wildman–Crippen LogP) is 4.31. The molecule has 1 aliphatic rings. The van der Waals surface area contributed by atoms with E-state index in [4.69, 9.17) is 0 Å². The van der Waals surface area contributed by atoms with Gasteiger partial charge in [0.25, 0.3) is 12.3 Å². The Bertz CT molecular complexity index is 1020. The van der Waals surface area contributed by atoms with E-state index < -0.39 is 17.9 Å². The lowest BCUT2D eigenvalue weighted by Gasteiger charge is -2.31. The number of hydrogen-bond donors (Lipinski definition) is 1. The minimum absolute atomic E-state index is 0.0973. The number of aromatic nitrogens is 3. The molecule has 2 aromatic heterocycles. The number of nitrogens with one attached hydrogen (secondary N) is 1. The molecule has 5 nitrogen and oxygen atoms in total. The molecule has 0 radical (unpaired) electrons. The molecule has 1 fully saturated rings. The lowest BCUT2D eigenvalue weighted by atomic mass is 9.88. The number of carbonyl (C=O) groups is 1. The zero-order valence-corrected chi connectivity index (χ0v) is 15.3. The van der Waals surface area contributed by atoms with Gasteiger partial charge >= 0.3 is 0 Å². The van der Waals surface area contributed by atoms with Crippen LogP contribution in [-0.4, -0.2) is 20.5 Å². The third-order valence-corrected chi connectivity index (χ3v) is 5.30. The molecule has 0 bridgehead atoms. The minimum atomic E-state index is -2.74. The van der Waals surface area contributed by atoms with Gasteiger partial charge in [-0.25, -0.2) is 22.7 Å². The van der Waals surface area contributed by atoms with Gasteiger partial charge in [-0.05, 0) is 43.5 Å². The number of nitrogens with zero attached hydrogens (tertiary/aromatic N) is 3. The van der Waals surface area contributed by atoms with E-state index in [0.29, 0.717) is 5.69 Å². The first kappa shape index (κ1) is 18.5. The van der Waals surface area contributed by atoms with E-state index in [0.717, 1.165) is 35.8 Å². The molecule has 1 amide bonds. The first-order valence-corrected chi connectivity index (χ1v) is 9.12. The summed E-state index contributed by atoms with van der Waals surface area (Å²) in [6, 6.07) is 7.35. The van der Waals surface area contributed by atoms with Gasteiger partial charge in [-0.3, -0.25) is 4.79 Å². The lowest BCUT2D eigenvalue weighted by Crippen LogP contribution is -2.43. The smallest absolute Gasteiger partial charge is 0.280 e. The van der Waals surface area contributed by atoms with Gasteiger partial charge in [0.2, 0.25) is 0 Å². The summed E-state index contributed by atoms with van der Waals surface area (Å²) < 4.78 is 41.0. The Labute approximate surface area is 159 Å². The van der Waals surface area contributed by atoms with E-state index in [9.17, 15) is 18.0 Å². The predicted molar refractivity (Wildman–Crippen MR) is 96.7 cm³/mol. The highest BCUT2D eigenvalue weighted by Gasteiger charge is 2.38. The zero-order valence-electron chi connectivity index (χ0n) is 15.3. The van der Waals surface area contributed by atoms with E-state index in [1.165, 1.54) is 24.4 Å². The Morgan fingerprint density at radius 3 is 2.54 bits per heavy atom. The maximum Gasteiger partial charge on any atom is 0.280 e. The van der Waals surface area contributed by atoms with Crippen molar-refractivity contribution in [3.63, 3.8) is 0 Å². The van der Waals surface area contributed by atoms with Crippen molar-refractivity contribution in [3.05, 3.63) is 64.9 Å². The second-order valence-corrected chi connectivity index (χ2v) is 7.17. The summed E-state index contributed by atoms with van der Waals surface area (Å²) in [4.78, 5) is 17.3. The Hall–Kier alpha value is -2.90. The molecule has 8 heteroatoms. The molecule has 146 valence electrons. The Morgan fingerprint density at radius 2 is 1.89 bits per heavy atom. The Morgan fingerprint density at radius 1 is 1.21 bits per heavy atom. The van der Waals surface area contributed by atoms with Crippen molar-refractivity contribution in [2.24, 2.45) is 0 Å². The van der Waals surface area contributed by atoms with Crippen molar-refractivity contribution in [2.75, 3.05) is 0 Å². The number of aryl methyl sites for hydroxylation is 1. The highest BCUT2D eigenvalue weighted by molar-refractivity contribution is 6.00. The van der Waals surface area contributed by atoms with Crippen LogP contribution in [0.4, 0.5) is 13.2 Å². The van der Waals surface area contributed by atoms with Gasteiger partial charge in [0, 0.05) is 5.69 Å². The Kier molecular flexibility index (Phi) is 4.56. The van der Waals surface area contributed by atoms with Gasteiger partial charge in [-0.1, -0.05) is 25.0 Å². The van der Waals surface area contributed by atoms with Crippen LogP contribution in [0.3, 0.4) is 0 Å². The third-order valence-electron chi connectivity index (χ3n) is 5.30. The molecule has 1 saturated carbocycles. The number of hydrogen-bond acceptors (Lipinski definition) is 3. The van der Waals surface area contributed by atoms with Crippen LogP contribution in [0.1, 0.15) is 59.4 Å². The highest BCUT2D eigenvalue weighted by atomic mass is 19.3. The quantitative estimate of drug-likeness (QED) is 0.724. The molecule has 0 aliphatic heterocycles. The van der Waals surface area contributed by atoms with Gasteiger partial charge in [-0.15, -0.1) is 0 Å². The molecule has 3 aromatic rings. The summed E-state index contributed by atoms with van der Waals surface area (Å²) in [6.45, 7) is 1.59. The molecular formula is C20H19F3N4O. The SMILES string of the molecule is Cc1cc(C(F)F)n2ncc(C(=O)NC3(c4ccc(F)cc4)CCCC3)c2n1. The summed E-state index contributed by atoms with van der Waals surface area (Å²) in [7, 11) is 0. The van der Waals surface area contributed by atoms with Crippen molar-refractivity contribution in [2.45, 2.75) is 44.6 Å². The largest absolute Gasteiger partial charge is 0.342 e. The van der Waals surface area contributed by atoms with Crippen LogP contribution in [0.25, 0.3) is 5.65 Å². The lowest BCUT2D eigenvalue weighted by molar-refractivity contribution is 0.0899. The van der Waals surface area contributed by atoms with Crippen LogP contribution in [0.5, 0.6) is 0 Å². The van der Waals surface area contributed by atoms with Crippen LogP contribution in [-0.2, 0) is 5.54 Å². The van der Waals surface area contributed by atoms with Gasteiger partial charge in [-0.2, -0.15) is 5.10 Å². The van der Waals surface area contributed by atoms with E-state index in [-0.39, 0.29) is 22.7 Å². The highest BCUT2D eigenvalue weighted by Crippen LogP contribution is 2.39. The van der Waals surface area contributed by atoms with E-state index in [2.05, 4.69) is 15.4 Å². The summed E-state index contributed by atoms with van der Waals surface area (Å²) in [5.41, 5.74) is 0.517. The van der Waals surface area contributed by atoms with Crippen LogP contribution >= 0.6 is 0 Å². The molecule has 0 saturated heterocycles. The van der Waals surface area contributed by atoms with Crippen molar-refractivity contribution >= 4 is 11.6 Å². The molecule has 0 unspecified atom stereocenters. The van der Waals surface area contributed by atoms with Gasteiger partial charge < -0.3 is 5.32 Å². The van der Waals surface area contributed by atoms with Crippen LogP contribution in [0.15, 0.2) is 36.5 Å². The fourth-order valence-electron chi connectivity index (χ4n) is 3.95. The topological polar surface area (TPSA) is 59.3 Å². The summed E-state index contributed by atoms with van der Waals surface area (Å²) in [5, 5.41) is 7.00. The average molecular weight is 388 g/mol. The van der Waals surface area contributed by atoms with Crippen molar-refractivity contribution in [3.8, 4) is 0 Å². The summed E-state index contributed by atoms with van der Waals surface area (Å²) >= 11 is 0. The minimum Gasteiger partial charge on any atom is -0.342 e. The molecule has 4 rings (SSSR count). The fourth-order valence-corrected chi connectivity index (χ4v) is 3.95. The monoisotopic (exact) mass is 388 g/mol. The molecule has 1 aromatic carbocycles. The zero-order chi connectivity index (χ0) is 19.9. The number of carbonyl (C=O) groups excluding carboxylic acids is 1. The number of alkyl halides is 2. The van der Waals surface area contributed by atoms with E-state index >= 15 is 0 Å². The second kappa shape index (κ2) is 6.92. The number of fused-ring (bicyclic) bond motifs is 1. The maximum absolute atomic E-state index is 13.3. The van der Waals surface area contributed by atoms with Crippen LogP contribution in [0, 0.1) is 12.7 Å². The summed E-state index contributed by atoms with van der Waals surface area (Å²) in [5.74, 6) is -0.774. The maximum atomic E-state index is 13.3. The molecule has 1 N–H and O–H groups in total. The number of amides is 1. The second-order valence-electron chi connectivity index (χ2n) is 7.17. The van der Waals surface area contributed by atoms with Crippen LogP contribution < -0.4 is 5.32 Å². The van der Waals surface area contributed by atoms with Crippen molar-refractivity contribution in [1.82, 2.24) is 19.9 Å². The fraction of sp³-hybridized carbons (Fsp3) is 0.350. The number of benzene rings is 1. The molecular weight excluding hydrogens is 369 g/mol. The third kappa shape index (κ3) is 3.12. The van der Waals surface area contributed by atoms with Gasteiger partial charge in [0.15, 0.2) is 5.65 Å². The molecule has 0 spiro atoms. The Balaban J connectivity index is 1.72. The molecule has 1 aliphatic carbocycles. The molecule has 0 atom stereocenters. The first-order chi connectivity index (χ1) is 13.4. The number of halogens is 3. The van der Waals surface area contributed by atoms with Gasteiger partial charge in [0.1, 0.15) is 17.1 Å². The van der Waals surface area contributed by atoms with Crippen molar-refractivity contribution in [1.29, 1.82) is 0 Å². The van der Waals surface area contributed by atoms with Gasteiger partial charge in [0.05, 0.1) is 11.7 Å². The average Bonchev–Trinajstić information content (AvgIpc) is 3.29. The standard InChI is InChI=1S/C20H19F3N4O/c1-12-10-16(17(22)23)27-18(25-12)15(11-24-27)19(28)26-20(8-2-3-9-20)13-4-6-14(21)7-5-13/h4-7,10-11,17H,2-3,8-9H2,1H3,(H,26,28).